The van der Waals surface area contributed by atoms with Gasteiger partial charge in [-0.2, -0.15) is 0 Å². The zero-order chi connectivity index (χ0) is 16.8. The van der Waals surface area contributed by atoms with Crippen LogP contribution in [-0.2, 0) is 6.42 Å². The van der Waals surface area contributed by atoms with E-state index in [1.54, 1.807) is 10.9 Å². The Balaban J connectivity index is 1.62. The minimum Gasteiger partial charge on any atom is -0.295 e. The number of carbonyl (C=O) groups is 1. The van der Waals surface area contributed by atoms with E-state index in [1.165, 1.54) is 24.2 Å². The molecule has 0 atom stereocenters. The molecular formula is C16H18N6OS. The molecule has 1 N–H and O–H groups in total. The number of amides is 1. The molecule has 0 radical (unpaired) electrons. The van der Waals surface area contributed by atoms with Crippen LogP contribution in [-0.4, -0.2) is 31.1 Å². The van der Waals surface area contributed by atoms with Crippen LogP contribution in [0.25, 0.3) is 5.69 Å². The lowest BCUT2D eigenvalue weighted by molar-refractivity contribution is 0.102. The van der Waals surface area contributed by atoms with Crippen LogP contribution in [0.5, 0.6) is 0 Å². The standard InChI is InChI=1S/C16H18N6OS/c1-2-3-5-10-14-19-20-16(24-14)17-15(23)13-11-22(21-18-13)12-8-6-4-7-9-12/h4,6-9,11H,2-3,5,10H2,1H3,(H,17,20,23). The molecule has 1 amide bonds. The second-order valence-electron chi connectivity index (χ2n) is 5.30. The maximum atomic E-state index is 12.2. The second kappa shape index (κ2) is 7.78. The Hall–Kier alpha value is -2.61. The van der Waals surface area contributed by atoms with E-state index < -0.39 is 0 Å². The molecule has 124 valence electrons. The molecule has 0 saturated carbocycles. The molecule has 0 fully saturated rings. The number of anilines is 1. The second-order valence-corrected chi connectivity index (χ2v) is 6.36. The molecule has 0 bridgehead atoms. The topological polar surface area (TPSA) is 85.6 Å². The van der Waals surface area contributed by atoms with Crippen molar-refractivity contribution in [2.75, 3.05) is 5.32 Å². The molecular weight excluding hydrogens is 324 g/mol. The van der Waals surface area contributed by atoms with Gasteiger partial charge in [0.1, 0.15) is 5.01 Å². The molecule has 0 spiro atoms. The normalized spacial score (nSPS) is 10.7. The van der Waals surface area contributed by atoms with Gasteiger partial charge in [0.25, 0.3) is 5.91 Å². The average Bonchev–Trinajstić information content (AvgIpc) is 3.26. The van der Waals surface area contributed by atoms with Gasteiger partial charge in [-0.15, -0.1) is 15.3 Å². The van der Waals surface area contributed by atoms with Crippen molar-refractivity contribution >= 4 is 22.4 Å². The summed E-state index contributed by atoms with van der Waals surface area (Å²) in [6, 6.07) is 9.51. The zero-order valence-corrected chi connectivity index (χ0v) is 14.2. The molecule has 2 aromatic heterocycles. The number of nitrogens with zero attached hydrogens (tertiary/aromatic N) is 5. The van der Waals surface area contributed by atoms with Gasteiger partial charge in [0.05, 0.1) is 11.9 Å². The third kappa shape index (κ3) is 4.02. The van der Waals surface area contributed by atoms with Gasteiger partial charge >= 0.3 is 0 Å². The molecule has 2 heterocycles. The lowest BCUT2D eigenvalue weighted by atomic mass is 10.2. The van der Waals surface area contributed by atoms with Crippen LogP contribution in [0.15, 0.2) is 36.5 Å². The van der Waals surface area contributed by atoms with E-state index in [9.17, 15) is 4.79 Å². The molecule has 0 saturated heterocycles. The van der Waals surface area contributed by atoms with Gasteiger partial charge in [0, 0.05) is 6.42 Å². The molecule has 1 aromatic carbocycles. The van der Waals surface area contributed by atoms with Gasteiger partial charge in [-0.1, -0.05) is 54.5 Å². The van der Waals surface area contributed by atoms with Crippen molar-refractivity contribution in [3.05, 3.63) is 47.2 Å². The minimum atomic E-state index is -0.339. The fraction of sp³-hybridized carbons (Fsp3) is 0.312. The zero-order valence-electron chi connectivity index (χ0n) is 13.3. The first-order chi connectivity index (χ1) is 11.8. The van der Waals surface area contributed by atoms with Gasteiger partial charge in [-0.25, -0.2) is 4.68 Å². The molecule has 3 rings (SSSR count). The summed E-state index contributed by atoms with van der Waals surface area (Å²) in [6.07, 6.45) is 5.91. The lowest BCUT2D eigenvalue weighted by Crippen LogP contribution is -2.12. The summed E-state index contributed by atoms with van der Waals surface area (Å²) in [5.41, 5.74) is 1.08. The number of para-hydroxylation sites is 1. The van der Waals surface area contributed by atoms with Crippen LogP contribution in [0.1, 0.15) is 41.7 Å². The van der Waals surface area contributed by atoms with Crippen LogP contribution < -0.4 is 5.32 Å². The summed E-state index contributed by atoms with van der Waals surface area (Å²) in [5.74, 6) is -0.339. The van der Waals surface area contributed by atoms with Crippen LogP contribution in [0.3, 0.4) is 0 Å². The number of unbranched alkanes of at least 4 members (excludes halogenated alkanes) is 2. The third-order valence-corrected chi connectivity index (χ3v) is 4.33. The average molecular weight is 342 g/mol. The van der Waals surface area contributed by atoms with E-state index in [-0.39, 0.29) is 11.6 Å². The number of benzene rings is 1. The van der Waals surface area contributed by atoms with Gasteiger partial charge in [0.2, 0.25) is 5.13 Å². The molecule has 0 aliphatic rings. The molecule has 7 nitrogen and oxygen atoms in total. The smallest absolute Gasteiger partial charge is 0.279 e. The summed E-state index contributed by atoms with van der Waals surface area (Å²) >= 11 is 1.40. The molecule has 8 heteroatoms. The quantitative estimate of drug-likeness (QED) is 0.667. The predicted octanol–water partition coefficient (Wildman–Crippen LogP) is 3.10. The van der Waals surface area contributed by atoms with Gasteiger partial charge in [0.15, 0.2) is 5.69 Å². The Morgan fingerprint density at radius 1 is 1.17 bits per heavy atom. The summed E-state index contributed by atoms with van der Waals surface area (Å²) in [5, 5.41) is 20.1. The number of carbonyl (C=O) groups excluding carboxylic acids is 1. The fourth-order valence-electron chi connectivity index (χ4n) is 2.17. The van der Waals surface area contributed by atoms with E-state index in [2.05, 4.69) is 32.7 Å². The Bertz CT molecular complexity index is 798. The molecule has 0 aliphatic heterocycles. The number of rotatable bonds is 7. The Morgan fingerprint density at radius 3 is 2.79 bits per heavy atom. The van der Waals surface area contributed by atoms with Crippen molar-refractivity contribution in [2.24, 2.45) is 0 Å². The molecule has 0 aliphatic carbocycles. The SMILES string of the molecule is CCCCCc1nnc(NC(=O)c2cn(-c3ccccc3)nn2)s1. The maximum Gasteiger partial charge on any atom is 0.279 e. The van der Waals surface area contributed by atoms with Gasteiger partial charge < -0.3 is 0 Å². The van der Waals surface area contributed by atoms with E-state index in [1.807, 2.05) is 30.3 Å². The van der Waals surface area contributed by atoms with E-state index in [4.69, 9.17) is 0 Å². The Kier molecular flexibility index (Phi) is 5.27. The minimum absolute atomic E-state index is 0.238. The first-order valence-electron chi connectivity index (χ1n) is 7.88. The summed E-state index contributed by atoms with van der Waals surface area (Å²) in [4.78, 5) is 12.2. The molecule has 0 unspecified atom stereocenters. The van der Waals surface area contributed by atoms with Crippen LogP contribution in [0.4, 0.5) is 5.13 Å². The van der Waals surface area contributed by atoms with Crippen molar-refractivity contribution in [3.8, 4) is 5.69 Å². The van der Waals surface area contributed by atoms with Gasteiger partial charge in [-0.3, -0.25) is 10.1 Å². The number of aryl methyl sites for hydroxylation is 1. The predicted molar refractivity (Wildman–Crippen MR) is 92.5 cm³/mol. The monoisotopic (exact) mass is 342 g/mol. The first kappa shape index (κ1) is 16.3. The highest BCUT2D eigenvalue weighted by molar-refractivity contribution is 7.15. The maximum absolute atomic E-state index is 12.2. The van der Waals surface area contributed by atoms with Crippen molar-refractivity contribution in [1.82, 2.24) is 25.2 Å². The Morgan fingerprint density at radius 2 is 2.00 bits per heavy atom. The van der Waals surface area contributed by atoms with Crippen LogP contribution in [0.2, 0.25) is 0 Å². The van der Waals surface area contributed by atoms with E-state index in [0.717, 1.165) is 23.5 Å². The van der Waals surface area contributed by atoms with Crippen molar-refractivity contribution < 1.29 is 4.79 Å². The third-order valence-electron chi connectivity index (χ3n) is 3.43. The number of aromatic nitrogens is 5. The fourth-order valence-corrected chi connectivity index (χ4v) is 2.94. The highest BCUT2D eigenvalue weighted by atomic mass is 32.1. The largest absolute Gasteiger partial charge is 0.295 e. The van der Waals surface area contributed by atoms with Crippen LogP contribution in [0, 0.1) is 0 Å². The first-order valence-corrected chi connectivity index (χ1v) is 8.69. The van der Waals surface area contributed by atoms with E-state index >= 15 is 0 Å². The number of hydrogen-bond donors (Lipinski definition) is 1. The number of hydrogen-bond acceptors (Lipinski definition) is 6. The molecule has 24 heavy (non-hydrogen) atoms. The van der Waals surface area contributed by atoms with Crippen molar-refractivity contribution in [3.63, 3.8) is 0 Å². The summed E-state index contributed by atoms with van der Waals surface area (Å²) in [6.45, 7) is 2.16. The lowest BCUT2D eigenvalue weighted by Gasteiger charge is -1.97. The van der Waals surface area contributed by atoms with E-state index in [0.29, 0.717) is 5.13 Å². The summed E-state index contributed by atoms with van der Waals surface area (Å²) < 4.78 is 1.56. The number of nitrogens with one attached hydrogen (secondary N) is 1. The van der Waals surface area contributed by atoms with Crippen LogP contribution >= 0.6 is 11.3 Å². The van der Waals surface area contributed by atoms with Crippen molar-refractivity contribution in [1.29, 1.82) is 0 Å². The highest BCUT2D eigenvalue weighted by Crippen LogP contribution is 2.18. The van der Waals surface area contributed by atoms with Gasteiger partial charge in [-0.05, 0) is 18.6 Å². The van der Waals surface area contributed by atoms with Crippen molar-refractivity contribution in [2.45, 2.75) is 32.6 Å². The Labute approximate surface area is 143 Å². The molecule has 3 aromatic rings. The highest BCUT2D eigenvalue weighted by Gasteiger charge is 2.14. The summed E-state index contributed by atoms with van der Waals surface area (Å²) in [7, 11) is 0.